The highest BCUT2D eigenvalue weighted by molar-refractivity contribution is 5.91. The van der Waals surface area contributed by atoms with Gasteiger partial charge in [-0.3, -0.25) is 4.79 Å². The van der Waals surface area contributed by atoms with Crippen LogP contribution in [-0.4, -0.2) is 35.7 Å². The summed E-state index contributed by atoms with van der Waals surface area (Å²) in [6.07, 6.45) is 3.01. The topological polar surface area (TPSA) is 75.6 Å². The number of rotatable bonds is 3. The summed E-state index contributed by atoms with van der Waals surface area (Å²) in [4.78, 5) is 24.1. The van der Waals surface area contributed by atoms with Gasteiger partial charge in [0.1, 0.15) is 0 Å². The molecule has 112 valence electrons. The van der Waals surface area contributed by atoms with Crippen molar-refractivity contribution in [3.05, 3.63) is 35.4 Å². The number of aryl methyl sites for hydroxylation is 1. The third-order valence-corrected chi connectivity index (χ3v) is 4.48. The van der Waals surface area contributed by atoms with E-state index in [2.05, 4.69) is 5.32 Å². The van der Waals surface area contributed by atoms with Crippen LogP contribution in [-0.2, 0) is 20.7 Å². The van der Waals surface area contributed by atoms with Gasteiger partial charge in [-0.15, -0.1) is 0 Å². The molecule has 0 aromatic heterocycles. The zero-order valence-electron chi connectivity index (χ0n) is 11.8. The van der Waals surface area contributed by atoms with E-state index in [0.29, 0.717) is 13.0 Å². The molecule has 1 aromatic rings. The van der Waals surface area contributed by atoms with E-state index >= 15 is 0 Å². The normalized spacial score (nSPS) is 27.9. The summed E-state index contributed by atoms with van der Waals surface area (Å²) in [7, 11) is 0. The molecule has 2 N–H and O–H groups in total. The molecule has 3 rings (SSSR count). The summed E-state index contributed by atoms with van der Waals surface area (Å²) in [6, 6.07) is 7.91. The Balaban J connectivity index is 1.82. The number of hydrogen-bond donors (Lipinski definition) is 2. The standard InChI is InChI=1S/C16H19NO4/c18-14(17-16(15(19)20)8-9-21-10-16)13-7-3-5-11-4-1-2-6-12(11)13/h1-2,4,6,13H,3,5,7-10H2,(H,17,18)(H,19,20). The Bertz CT molecular complexity index is 563. The highest BCUT2D eigenvalue weighted by Crippen LogP contribution is 2.32. The monoisotopic (exact) mass is 289 g/mol. The van der Waals surface area contributed by atoms with Gasteiger partial charge in [0.2, 0.25) is 5.91 Å². The van der Waals surface area contributed by atoms with Gasteiger partial charge in [-0.2, -0.15) is 0 Å². The molecule has 2 atom stereocenters. The molecular formula is C16H19NO4. The van der Waals surface area contributed by atoms with Gasteiger partial charge in [-0.1, -0.05) is 24.3 Å². The van der Waals surface area contributed by atoms with Crippen LogP contribution in [0.2, 0.25) is 0 Å². The van der Waals surface area contributed by atoms with Crippen molar-refractivity contribution < 1.29 is 19.4 Å². The van der Waals surface area contributed by atoms with Crippen molar-refractivity contribution in [1.29, 1.82) is 0 Å². The molecule has 2 aliphatic rings. The predicted octanol–water partition coefficient (Wildman–Crippen LogP) is 1.47. The molecule has 5 nitrogen and oxygen atoms in total. The summed E-state index contributed by atoms with van der Waals surface area (Å²) in [5, 5.41) is 12.2. The number of carbonyl (C=O) groups is 2. The van der Waals surface area contributed by atoms with Crippen molar-refractivity contribution in [3.63, 3.8) is 0 Å². The molecule has 1 fully saturated rings. The van der Waals surface area contributed by atoms with Gasteiger partial charge >= 0.3 is 5.97 Å². The summed E-state index contributed by atoms with van der Waals surface area (Å²) >= 11 is 0. The van der Waals surface area contributed by atoms with Gasteiger partial charge in [-0.05, 0) is 30.4 Å². The van der Waals surface area contributed by atoms with Gasteiger partial charge in [0.25, 0.3) is 0 Å². The minimum atomic E-state index is -1.26. The average molecular weight is 289 g/mol. The van der Waals surface area contributed by atoms with Crippen molar-refractivity contribution in [2.75, 3.05) is 13.2 Å². The van der Waals surface area contributed by atoms with Gasteiger partial charge in [0.05, 0.1) is 12.5 Å². The first-order valence-electron chi connectivity index (χ1n) is 7.33. The van der Waals surface area contributed by atoms with Crippen LogP contribution < -0.4 is 5.32 Å². The zero-order chi connectivity index (χ0) is 14.9. The Kier molecular flexibility index (Phi) is 3.68. The van der Waals surface area contributed by atoms with Gasteiger partial charge < -0.3 is 15.2 Å². The van der Waals surface area contributed by atoms with E-state index in [1.807, 2.05) is 24.3 Å². The van der Waals surface area contributed by atoms with E-state index in [0.717, 1.165) is 24.8 Å². The number of carbonyl (C=O) groups excluding carboxylic acids is 1. The van der Waals surface area contributed by atoms with Crippen molar-refractivity contribution in [3.8, 4) is 0 Å². The molecular weight excluding hydrogens is 270 g/mol. The Morgan fingerprint density at radius 1 is 1.33 bits per heavy atom. The lowest BCUT2D eigenvalue weighted by Gasteiger charge is -2.29. The minimum absolute atomic E-state index is 0.0441. The zero-order valence-corrected chi connectivity index (χ0v) is 11.8. The fourth-order valence-electron chi connectivity index (χ4n) is 3.23. The van der Waals surface area contributed by atoms with Crippen LogP contribution in [0.4, 0.5) is 0 Å². The maximum Gasteiger partial charge on any atom is 0.331 e. The number of nitrogens with one attached hydrogen (secondary N) is 1. The van der Waals surface area contributed by atoms with E-state index in [1.165, 1.54) is 5.56 Å². The Hall–Kier alpha value is -1.88. The number of aliphatic carboxylic acids is 1. The smallest absolute Gasteiger partial charge is 0.331 e. The number of ether oxygens (including phenoxy) is 1. The lowest BCUT2D eigenvalue weighted by atomic mass is 9.81. The molecule has 0 radical (unpaired) electrons. The van der Waals surface area contributed by atoms with Crippen LogP contribution in [0, 0.1) is 0 Å². The fraction of sp³-hybridized carbons (Fsp3) is 0.500. The highest BCUT2D eigenvalue weighted by atomic mass is 16.5. The molecule has 1 heterocycles. The molecule has 0 bridgehead atoms. The second-order valence-corrected chi connectivity index (χ2v) is 5.82. The molecule has 1 amide bonds. The fourth-order valence-corrected chi connectivity index (χ4v) is 3.23. The molecule has 1 aromatic carbocycles. The van der Waals surface area contributed by atoms with Gasteiger partial charge in [0, 0.05) is 13.0 Å². The molecule has 1 aliphatic carbocycles. The van der Waals surface area contributed by atoms with Crippen LogP contribution in [0.15, 0.2) is 24.3 Å². The van der Waals surface area contributed by atoms with Crippen LogP contribution in [0.25, 0.3) is 0 Å². The number of carboxylic acids is 1. The van der Waals surface area contributed by atoms with E-state index < -0.39 is 11.5 Å². The Morgan fingerprint density at radius 2 is 2.14 bits per heavy atom. The van der Waals surface area contributed by atoms with E-state index in [9.17, 15) is 14.7 Å². The lowest BCUT2D eigenvalue weighted by molar-refractivity contribution is -0.148. The Labute approximate surface area is 123 Å². The van der Waals surface area contributed by atoms with Crippen molar-refractivity contribution in [2.24, 2.45) is 0 Å². The molecule has 5 heteroatoms. The van der Waals surface area contributed by atoms with Crippen LogP contribution in [0.3, 0.4) is 0 Å². The summed E-state index contributed by atoms with van der Waals surface area (Å²) < 4.78 is 5.18. The first-order chi connectivity index (χ1) is 10.1. The van der Waals surface area contributed by atoms with E-state index in [1.54, 1.807) is 0 Å². The minimum Gasteiger partial charge on any atom is -0.479 e. The molecule has 0 saturated carbocycles. The van der Waals surface area contributed by atoms with Crippen LogP contribution in [0.1, 0.15) is 36.3 Å². The van der Waals surface area contributed by atoms with Gasteiger partial charge in [0.15, 0.2) is 5.54 Å². The number of amides is 1. The summed E-state index contributed by atoms with van der Waals surface area (Å²) in [5.74, 6) is -1.47. The first-order valence-corrected chi connectivity index (χ1v) is 7.33. The third-order valence-electron chi connectivity index (χ3n) is 4.48. The maximum atomic E-state index is 12.6. The van der Waals surface area contributed by atoms with Crippen molar-refractivity contribution in [1.82, 2.24) is 5.32 Å². The first kappa shape index (κ1) is 14.1. The lowest BCUT2D eigenvalue weighted by Crippen LogP contribution is -2.56. The number of benzene rings is 1. The van der Waals surface area contributed by atoms with Crippen molar-refractivity contribution >= 4 is 11.9 Å². The highest BCUT2D eigenvalue weighted by Gasteiger charge is 2.45. The molecule has 1 aliphatic heterocycles. The second kappa shape index (κ2) is 5.48. The second-order valence-electron chi connectivity index (χ2n) is 5.82. The average Bonchev–Trinajstić information content (AvgIpc) is 2.96. The molecule has 2 unspecified atom stereocenters. The van der Waals surface area contributed by atoms with Crippen LogP contribution in [0.5, 0.6) is 0 Å². The number of fused-ring (bicyclic) bond motifs is 1. The van der Waals surface area contributed by atoms with E-state index in [-0.39, 0.29) is 18.4 Å². The molecule has 21 heavy (non-hydrogen) atoms. The summed E-state index contributed by atoms with van der Waals surface area (Å²) in [6.45, 7) is 0.413. The quantitative estimate of drug-likeness (QED) is 0.883. The largest absolute Gasteiger partial charge is 0.479 e. The summed E-state index contributed by atoms with van der Waals surface area (Å²) in [5.41, 5.74) is 0.959. The number of hydrogen-bond acceptors (Lipinski definition) is 3. The third kappa shape index (κ3) is 2.53. The van der Waals surface area contributed by atoms with Gasteiger partial charge in [-0.25, -0.2) is 4.79 Å². The van der Waals surface area contributed by atoms with Crippen LogP contribution >= 0.6 is 0 Å². The van der Waals surface area contributed by atoms with E-state index in [4.69, 9.17) is 4.74 Å². The van der Waals surface area contributed by atoms with Crippen molar-refractivity contribution in [2.45, 2.75) is 37.1 Å². The number of carboxylic acid groups (broad SMARTS) is 1. The SMILES string of the molecule is O=C(NC1(C(=O)O)CCOC1)C1CCCc2ccccc21. The molecule has 0 spiro atoms. The maximum absolute atomic E-state index is 12.6. The molecule has 1 saturated heterocycles. The predicted molar refractivity (Wildman–Crippen MR) is 76.1 cm³/mol. The Morgan fingerprint density at radius 3 is 2.86 bits per heavy atom.